The van der Waals surface area contributed by atoms with Crippen LogP contribution in [0.1, 0.15) is 28.2 Å². The van der Waals surface area contributed by atoms with Gasteiger partial charge in [-0.15, -0.1) is 0 Å². The molecule has 0 radical (unpaired) electrons. The molecule has 0 aliphatic heterocycles. The number of hydrogen-bond acceptors (Lipinski definition) is 3. The number of nitrogens with two attached hydrogens (primary N) is 1. The Morgan fingerprint density at radius 1 is 1.58 bits per heavy atom. The monoisotopic (exact) mass is 165 g/mol. The van der Waals surface area contributed by atoms with E-state index < -0.39 is 0 Å². The summed E-state index contributed by atoms with van der Waals surface area (Å²) >= 11 is 0. The predicted molar refractivity (Wildman–Crippen MR) is 44.0 cm³/mol. The van der Waals surface area contributed by atoms with E-state index in [0.29, 0.717) is 5.69 Å². The van der Waals surface area contributed by atoms with Crippen molar-refractivity contribution in [1.29, 1.82) is 0 Å². The number of H-pyrrole nitrogens is 1. The fourth-order valence-electron chi connectivity index (χ4n) is 1.65. The third kappa shape index (κ3) is 0.956. The van der Waals surface area contributed by atoms with Gasteiger partial charge in [0, 0.05) is 11.3 Å². The molecule has 12 heavy (non-hydrogen) atoms. The number of fused-ring (bicyclic) bond motifs is 1. The van der Waals surface area contributed by atoms with E-state index >= 15 is 0 Å². The number of hydrogen-bond donors (Lipinski definition) is 2. The van der Waals surface area contributed by atoms with E-state index in [1.165, 1.54) is 0 Å². The summed E-state index contributed by atoms with van der Waals surface area (Å²) in [6, 6.07) is 0. The molecule has 0 fully saturated rings. The maximum atomic E-state index is 11.2. The smallest absolute Gasteiger partial charge is 0.196 e. The molecular weight excluding hydrogens is 154 g/mol. The first-order chi connectivity index (χ1) is 5.83. The number of carbonyl (C=O) groups excluding carboxylic acids is 1. The molecule has 1 aromatic rings. The Kier molecular flexibility index (Phi) is 1.69. The highest BCUT2D eigenvalue weighted by molar-refractivity contribution is 5.97. The largest absolute Gasteiger partial charge is 0.324 e. The third-order valence-corrected chi connectivity index (χ3v) is 2.26. The van der Waals surface area contributed by atoms with Crippen LogP contribution in [0, 0.1) is 0 Å². The second kappa shape index (κ2) is 2.71. The average molecular weight is 165 g/mol. The molecule has 0 atom stereocenters. The van der Waals surface area contributed by atoms with Crippen LogP contribution in [0.4, 0.5) is 0 Å². The van der Waals surface area contributed by atoms with Gasteiger partial charge >= 0.3 is 0 Å². The standard InChI is InChI=1S/C8H11N3O/c9-4-7(12)8-5-2-1-3-6(5)10-11-8/h1-4,9H2,(H,10,11). The van der Waals surface area contributed by atoms with Gasteiger partial charge in [0.05, 0.1) is 6.54 Å². The molecule has 0 bridgehead atoms. The van der Waals surface area contributed by atoms with Crippen molar-refractivity contribution in [3.63, 3.8) is 0 Å². The Bertz CT molecular complexity index is 316. The van der Waals surface area contributed by atoms with Crippen molar-refractivity contribution in [2.24, 2.45) is 5.73 Å². The Hall–Kier alpha value is -1.16. The van der Waals surface area contributed by atoms with E-state index in [-0.39, 0.29) is 12.3 Å². The lowest BCUT2D eigenvalue weighted by Crippen LogP contribution is -2.15. The third-order valence-electron chi connectivity index (χ3n) is 2.26. The number of rotatable bonds is 2. The first kappa shape index (κ1) is 7.49. The minimum atomic E-state index is -0.0607. The summed E-state index contributed by atoms with van der Waals surface area (Å²) < 4.78 is 0. The van der Waals surface area contributed by atoms with Crippen LogP contribution in [0.3, 0.4) is 0 Å². The highest BCUT2D eigenvalue weighted by Crippen LogP contribution is 2.22. The zero-order chi connectivity index (χ0) is 8.55. The zero-order valence-electron chi connectivity index (χ0n) is 6.76. The number of aryl methyl sites for hydroxylation is 1. The van der Waals surface area contributed by atoms with Gasteiger partial charge < -0.3 is 5.73 Å². The highest BCUT2D eigenvalue weighted by Gasteiger charge is 2.21. The molecule has 1 aliphatic carbocycles. The average Bonchev–Trinajstić information content (AvgIpc) is 2.62. The summed E-state index contributed by atoms with van der Waals surface area (Å²) in [7, 11) is 0. The summed E-state index contributed by atoms with van der Waals surface area (Å²) in [4.78, 5) is 11.2. The van der Waals surface area contributed by atoms with E-state index in [1.54, 1.807) is 0 Å². The number of carbonyl (C=O) groups is 1. The molecule has 1 aliphatic rings. The van der Waals surface area contributed by atoms with Crippen LogP contribution in [-0.2, 0) is 12.8 Å². The molecule has 4 heteroatoms. The molecule has 0 amide bonds. The number of aromatic nitrogens is 2. The molecule has 0 spiro atoms. The zero-order valence-corrected chi connectivity index (χ0v) is 6.76. The summed E-state index contributed by atoms with van der Waals surface area (Å²) in [5.74, 6) is -0.0607. The first-order valence-electron chi connectivity index (χ1n) is 4.12. The van der Waals surface area contributed by atoms with Crippen LogP contribution in [0.25, 0.3) is 0 Å². The Balaban J connectivity index is 2.39. The second-order valence-electron chi connectivity index (χ2n) is 3.01. The van der Waals surface area contributed by atoms with Crippen LogP contribution in [0.15, 0.2) is 0 Å². The van der Waals surface area contributed by atoms with Gasteiger partial charge in [0.2, 0.25) is 0 Å². The number of nitrogens with zero attached hydrogens (tertiary/aromatic N) is 1. The van der Waals surface area contributed by atoms with E-state index in [4.69, 9.17) is 5.73 Å². The van der Waals surface area contributed by atoms with Crippen molar-refractivity contribution >= 4 is 5.78 Å². The second-order valence-corrected chi connectivity index (χ2v) is 3.01. The number of ketones is 1. The van der Waals surface area contributed by atoms with Crippen LogP contribution in [-0.4, -0.2) is 22.5 Å². The van der Waals surface area contributed by atoms with Gasteiger partial charge in [-0.1, -0.05) is 0 Å². The van der Waals surface area contributed by atoms with Gasteiger partial charge in [-0.2, -0.15) is 5.10 Å². The quantitative estimate of drug-likeness (QED) is 0.608. The predicted octanol–water partition coefficient (Wildman–Crippen LogP) is 0.0398. The van der Waals surface area contributed by atoms with Crippen molar-refractivity contribution < 1.29 is 4.79 Å². The SMILES string of the molecule is NCC(=O)c1n[nH]c2c1CCC2. The Morgan fingerprint density at radius 3 is 3.17 bits per heavy atom. The van der Waals surface area contributed by atoms with Gasteiger partial charge in [-0.05, 0) is 19.3 Å². The minimum absolute atomic E-state index is 0.0529. The molecule has 1 aromatic heterocycles. The maximum absolute atomic E-state index is 11.2. The molecule has 4 nitrogen and oxygen atoms in total. The molecule has 64 valence electrons. The molecule has 0 saturated carbocycles. The molecular formula is C8H11N3O. The van der Waals surface area contributed by atoms with Gasteiger partial charge in [0.15, 0.2) is 5.78 Å². The number of aromatic amines is 1. The lowest BCUT2D eigenvalue weighted by molar-refractivity contribution is 0.0996. The van der Waals surface area contributed by atoms with Crippen LogP contribution >= 0.6 is 0 Å². The van der Waals surface area contributed by atoms with Crippen LogP contribution in [0.2, 0.25) is 0 Å². The fraction of sp³-hybridized carbons (Fsp3) is 0.500. The first-order valence-corrected chi connectivity index (χ1v) is 4.12. The van der Waals surface area contributed by atoms with Crippen molar-refractivity contribution in [2.75, 3.05) is 6.54 Å². The fourth-order valence-corrected chi connectivity index (χ4v) is 1.65. The molecule has 0 unspecified atom stereocenters. The van der Waals surface area contributed by atoms with Crippen molar-refractivity contribution in [3.05, 3.63) is 17.0 Å². The van der Waals surface area contributed by atoms with Crippen molar-refractivity contribution in [2.45, 2.75) is 19.3 Å². The summed E-state index contributed by atoms with van der Waals surface area (Å²) in [5, 5.41) is 6.83. The molecule has 0 aromatic carbocycles. The highest BCUT2D eigenvalue weighted by atomic mass is 16.1. The summed E-state index contributed by atoms with van der Waals surface area (Å²) in [5.41, 5.74) is 8.02. The van der Waals surface area contributed by atoms with E-state index in [2.05, 4.69) is 10.2 Å². The maximum Gasteiger partial charge on any atom is 0.196 e. The van der Waals surface area contributed by atoms with Crippen molar-refractivity contribution in [1.82, 2.24) is 10.2 Å². The summed E-state index contributed by atoms with van der Waals surface area (Å²) in [6.07, 6.45) is 3.10. The Labute approximate surface area is 70.1 Å². The van der Waals surface area contributed by atoms with E-state index in [9.17, 15) is 4.79 Å². The topological polar surface area (TPSA) is 71.8 Å². The van der Waals surface area contributed by atoms with Gasteiger partial charge in [0.25, 0.3) is 0 Å². The minimum Gasteiger partial charge on any atom is -0.324 e. The molecule has 2 rings (SSSR count). The van der Waals surface area contributed by atoms with Gasteiger partial charge in [-0.3, -0.25) is 9.89 Å². The molecule has 0 saturated heterocycles. The summed E-state index contributed by atoms with van der Waals surface area (Å²) in [6.45, 7) is 0.0529. The lowest BCUT2D eigenvalue weighted by Gasteiger charge is -1.93. The number of nitrogens with one attached hydrogen (secondary N) is 1. The van der Waals surface area contributed by atoms with Crippen LogP contribution < -0.4 is 5.73 Å². The lowest BCUT2D eigenvalue weighted by atomic mass is 10.1. The number of Topliss-reactive ketones (excluding diaryl/α,β-unsaturated/α-hetero) is 1. The van der Waals surface area contributed by atoms with E-state index in [1.807, 2.05) is 0 Å². The molecule has 3 N–H and O–H groups in total. The van der Waals surface area contributed by atoms with E-state index in [0.717, 1.165) is 30.5 Å². The normalized spacial score (nSPS) is 14.8. The van der Waals surface area contributed by atoms with Gasteiger partial charge in [-0.25, -0.2) is 0 Å². The van der Waals surface area contributed by atoms with Crippen LogP contribution in [0.5, 0.6) is 0 Å². The van der Waals surface area contributed by atoms with Crippen molar-refractivity contribution in [3.8, 4) is 0 Å². The van der Waals surface area contributed by atoms with Gasteiger partial charge in [0.1, 0.15) is 5.69 Å². The molecule has 1 heterocycles. The Morgan fingerprint density at radius 2 is 2.42 bits per heavy atom.